The Hall–Kier alpha value is -3.80. The van der Waals surface area contributed by atoms with E-state index in [0.29, 0.717) is 24.5 Å². The standard InChI is InChI=1S/C23H23N5O3/c1-3-30-22(31-4-2)18-12-10-16(11-13-18)15-25-28-23-26-20(17-8-6-5-7-9-17)19(14-24)21(29)27-23/h5-13,15,22H,3-4H2,1-2H3,(H2,26,27,28,29). The summed E-state index contributed by atoms with van der Waals surface area (Å²) in [4.78, 5) is 19.1. The van der Waals surface area contributed by atoms with Gasteiger partial charge in [-0.3, -0.25) is 9.78 Å². The van der Waals surface area contributed by atoms with Gasteiger partial charge in [-0.2, -0.15) is 10.4 Å². The molecule has 1 aromatic heterocycles. The van der Waals surface area contributed by atoms with Crippen molar-refractivity contribution in [1.29, 1.82) is 5.26 Å². The van der Waals surface area contributed by atoms with Crippen LogP contribution >= 0.6 is 0 Å². The van der Waals surface area contributed by atoms with Crippen molar-refractivity contribution in [2.45, 2.75) is 20.1 Å². The first-order chi connectivity index (χ1) is 15.2. The van der Waals surface area contributed by atoms with Crippen LogP contribution in [0.1, 0.15) is 36.8 Å². The van der Waals surface area contributed by atoms with E-state index in [4.69, 9.17) is 9.47 Å². The molecule has 0 aliphatic carbocycles. The monoisotopic (exact) mass is 417 g/mol. The Morgan fingerprint density at radius 2 is 1.81 bits per heavy atom. The van der Waals surface area contributed by atoms with Gasteiger partial charge in [0.25, 0.3) is 5.56 Å². The third-order valence-corrected chi connectivity index (χ3v) is 4.31. The van der Waals surface area contributed by atoms with Gasteiger partial charge in [-0.25, -0.2) is 10.4 Å². The zero-order valence-corrected chi connectivity index (χ0v) is 17.3. The minimum atomic E-state index is -0.531. The van der Waals surface area contributed by atoms with Crippen LogP contribution in [0.15, 0.2) is 64.5 Å². The van der Waals surface area contributed by atoms with Crippen molar-refractivity contribution in [1.82, 2.24) is 9.97 Å². The fourth-order valence-corrected chi connectivity index (χ4v) is 2.89. The first kappa shape index (κ1) is 21.9. The second-order valence-electron chi connectivity index (χ2n) is 6.40. The molecule has 0 bridgehead atoms. The molecular weight excluding hydrogens is 394 g/mol. The number of benzene rings is 2. The second-order valence-corrected chi connectivity index (χ2v) is 6.40. The van der Waals surface area contributed by atoms with Gasteiger partial charge in [0, 0.05) is 24.3 Å². The zero-order chi connectivity index (χ0) is 22.1. The van der Waals surface area contributed by atoms with Crippen molar-refractivity contribution in [2.24, 2.45) is 5.10 Å². The van der Waals surface area contributed by atoms with E-state index in [1.165, 1.54) is 0 Å². The summed E-state index contributed by atoms with van der Waals surface area (Å²) in [6, 6.07) is 18.6. The number of aromatic amines is 1. The smallest absolute Gasteiger partial charge is 0.270 e. The number of nitrogens with one attached hydrogen (secondary N) is 2. The molecule has 0 atom stereocenters. The molecule has 0 fully saturated rings. The van der Waals surface area contributed by atoms with Gasteiger partial charge in [0.05, 0.1) is 11.9 Å². The lowest BCUT2D eigenvalue weighted by atomic mass is 10.1. The molecule has 0 spiro atoms. The number of hydrogen-bond acceptors (Lipinski definition) is 7. The van der Waals surface area contributed by atoms with Crippen molar-refractivity contribution >= 4 is 12.2 Å². The van der Waals surface area contributed by atoms with Crippen LogP contribution in [-0.2, 0) is 9.47 Å². The summed E-state index contributed by atoms with van der Waals surface area (Å²) in [6.07, 6.45) is 1.20. The predicted octanol–water partition coefficient (Wildman–Crippen LogP) is 3.83. The minimum Gasteiger partial charge on any atom is -0.349 e. The number of rotatable bonds is 9. The van der Waals surface area contributed by atoms with Gasteiger partial charge in [-0.1, -0.05) is 54.6 Å². The highest BCUT2D eigenvalue weighted by atomic mass is 16.7. The highest BCUT2D eigenvalue weighted by molar-refractivity contribution is 5.80. The summed E-state index contributed by atoms with van der Waals surface area (Å²) in [5.41, 5.74) is 4.86. The van der Waals surface area contributed by atoms with E-state index in [1.54, 1.807) is 18.3 Å². The van der Waals surface area contributed by atoms with Crippen LogP contribution in [0.5, 0.6) is 0 Å². The molecule has 8 heteroatoms. The highest BCUT2D eigenvalue weighted by Crippen LogP contribution is 2.20. The third kappa shape index (κ3) is 5.63. The fraction of sp³-hybridized carbons (Fsp3) is 0.217. The minimum absolute atomic E-state index is 0.0468. The van der Waals surface area contributed by atoms with Crippen LogP contribution in [-0.4, -0.2) is 29.4 Å². The Labute approximate surface area is 180 Å². The van der Waals surface area contributed by atoms with E-state index in [2.05, 4.69) is 20.5 Å². The van der Waals surface area contributed by atoms with Gasteiger partial charge in [-0.15, -0.1) is 0 Å². The molecule has 0 amide bonds. The number of aromatic nitrogens is 2. The molecule has 0 saturated heterocycles. The van der Waals surface area contributed by atoms with Gasteiger partial charge in [-0.05, 0) is 19.4 Å². The number of ether oxygens (including phenoxy) is 2. The highest BCUT2D eigenvalue weighted by Gasteiger charge is 2.13. The summed E-state index contributed by atoms with van der Waals surface area (Å²) < 4.78 is 11.2. The fourth-order valence-electron chi connectivity index (χ4n) is 2.89. The van der Waals surface area contributed by atoms with Crippen LogP contribution in [0, 0.1) is 11.3 Å². The molecule has 3 rings (SSSR count). The van der Waals surface area contributed by atoms with Crippen LogP contribution in [0.4, 0.5) is 5.95 Å². The summed E-state index contributed by atoms with van der Waals surface area (Å²) in [7, 11) is 0. The molecule has 31 heavy (non-hydrogen) atoms. The van der Waals surface area contributed by atoms with Crippen molar-refractivity contribution in [3.8, 4) is 17.3 Å². The maximum atomic E-state index is 12.3. The first-order valence-electron chi connectivity index (χ1n) is 9.88. The van der Waals surface area contributed by atoms with Crippen molar-refractivity contribution in [2.75, 3.05) is 18.6 Å². The van der Waals surface area contributed by atoms with Crippen LogP contribution in [0.2, 0.25) is 0 Å². The van der Waals surface area contributed by atoms with Crippen LogP contribution < -0.4 is 11.0 Å². The van der Waals surface area contributed by atoms with Crippen molar-refractivity contribution in [3.05, 3.63) is 81.6 Å². The molecular formula is C23H23N5O3. The molecule has 8 nitrogen and oxygen atoms in total. The number of nitrogens with zero attached hydrogens (tertiary/aromatic N) is 3. The Bertz CT molecular complexity index is 1110. The van der Waals surface area contributed by atoms with E-state index in [1.807, 2.05) is 62.4 Å². The van der Waals surface area contributed by atoms with E-state index >= 15 is 0 Å². The number of anilines is 1. The van der Waals surface area contributed by atoms with Crippen molar-refractivity contribution < 1.29 is 9.47 Å². The predicted molar refractivity (Wildman–Crippen MR) is 119 cm³/mol. The average molecular weight is 417 g/mol. The van der Waals surface area contributed by atoms with E-state index < -0.39 is 11.8 Å². The lowest BCUT2D eigenvalue weighted by Crippen LogP contribution is -2.16. The molecule has 2 N–H and O–H groups in total. The number of H-pyrrole nitrogens is 1. The normalized spacial score (nSPS) is 11.0. The quantitative estimate of drug-likeness (QED) is 0.311. The Morgan fingerprint density at radius 3 is 2.42 bits per heavy atom. The number of hydrogen-bond donors (Lipinski definition) is 2. The van der Waals surface area contributed by atoms with Crippen LogP contribution in [0.25, 0.3) is 11.3 Å². The van der Waals surface area contributed by atoms with Gasteiger partial charge < -0.3 is 9.47 Å². The molecule has 0 aliphatic rings. The molecule has 0 aliphatic heterocycles. The molecule has 0 radical (unpaired) electrons. The Balaban J connectivity index is 1.76. The molecule has 0 saturated carbocycles. The maximum absolute atomic E-state index is 12.3. The van der Waals surface area contributed by atoms with E-state index in [0.717, 1.165) is 11.1 Å². The molecule has 158 valence electrons. The SMILES string of the molecule is CCOC(OCC)c1ccc(C=NNc2nc(-c3ccccc3)c(C#N)c(=O)[nH]2)cc1. The van der Waals surface area contributed by atoms with Gasteiger partial charge in [0.1, 0.15) is 11.6 Å². The third-order valence-electron chi connectivity index (χ3n) is 4.31. The number of hydrazone groups is 1. The average Bonchev–Trinajstić information content (AvgIpc) is 2.80. The summed E-state index contributed by atoms with van der Waals surface area (Å²) >= 11 is 0. The lowest BCUT2D eigenvalue weighted by molar-refractivity contribution is -0.140. The topological polar surface area (TPSA) is 112 Å². The number of nitriles is 1. The summed E-state index contributed by atoms with van der Waals surface area (Å²) in [6.45, 7) is 4.95. The van der Waals surface area contributed by atoms with E-state index in [-0.39, 0.29) is 11.5 Å². The van der Waals surface area contributed by atoms with Gasteiger partial charge >= 0.3 is 0 Å². The zero-order valence-electron chi connectivity index (χ0n) is 17.3. The molecule has 1 heterocycles. The van der Waals surface area contributed by atoms with Crippen LogP contribution in [0.3, 0.4) is 0 Å². The van der Waals surface area contributed by atoms with Gasteiger partial charge in [0.2, 0.25) is 5.95 Å². The van der Waals surface area contributed by atoms with Crippen molar-refractivity contribution in [3.63, 3.8) is 0 Å². The Kier molecular flexibility index (Phi) is 7.65. The molecule has 0 unspecified atom stereocenters. The first-order valence-corrected chi connectivity index (χ1v) is 9.88. The Morgan fingerprint density at radius 1 is 1.13 bits per heavy atom. The largest absolute Gasteiger partial charge is 0.349 e. The molecule has 3 aromatic rings. The second kappa shape index (κ2) is 10.8. The molecule has 2 aromatic carbocycles. The summed E-state index contributed by atoms with van der Waals surface area (Å²) in [5, 5.41) is 13.5. The summed E-state index contributed by atoms with van der Waals surface area (Å²) in [5.74, 6) is 0.142. The lowest BCUT2D eigenvalue weighted by Gasteiger charge is -2.17. The maximum Gasteiger partial charge on any atom is 0.270 e. The van der Waals surface area contributed by atoms with Gasteiger partial charge in [0.15, 0.2) is 6.29 Å². The van der Waals surface area contributed by atoms with E-state index in [9.17, 15) is 10.1 Å².